The summed E-state index contributed by atoms with van der Waals surface area (Å²) in [5.41, 5.74) is 0.116. The Morgan fingerprint density at radius 2 is 1.88 bits per heavy atom. The van der Waals surface area contributed by atoms with E-state index in [2.05, 4.69) is 4.74 Å². The molecule has 2 aromatic rings. The van der Waals surface area contributed by atoms with Gasteiger partial charge < -0.3 is 9.84 Å². The number of halogens is 2. The summed E-state index contributed by atoms with van der Waals surface area (Å²) in [7, 11) is 0. The quantitative estimate of drug-likeness (QED) is 0.375. The zero-order valence-electron chi connectivity index (χ0n) is 12.1. The molecule has 0 aliphatic heterocycles. The van der Waals surface area contributed by atoms with Crippen LogP contribution in [0.2, 0.25) is 0 Å². The Kier molecular flexibility index (Phi) is 5.20. The fraction of sp³-hybridized carbons (Fsp3) is 0.0625. The summed E-state index contributed by atoms with van der Waals surface area (Å²) in [6, 6.07) is 8.80. The van der Waals surface area contributed by atoms with E-state index in [9.17, 15) is 28.8 Å². The van der Waals surface area contributed by atoms with Crippen LogP contribution in [0.15, 0.2) is 48.5 Å². The molecule has 1 N–H and O–H groups in total. The molecule has 0 fully saturated rings. The van der Waals surface area contributed by atoms with Crippen LogP contribution >= 0.6 is 0 Å². The second-order valence-electron chi connectivity index (χ2n) is 4.61. The maximum atomic E-state index is 12.0. The highest BCUT2D eigenvalue weighted by atomic mass is 19.3. The third-order valence-corrected chi connectivity index (χ3v) is 2.99. The van der Waals surface area contributed by atoms with Crippen molar-refractivity contribution in [2.24, 2.45) is 0 Å². The summed E-state index contributed by atoms with van der Waals surface area (Å²) in [5.74, 6) is -0.966. The van der Waals surface area contributed by atoms with Gasteiger partial charge in [-0.05, 0) is 42.0 Å². The van der Waals surface area contributed by atoms with E-state index in [0.29, 0.717) is 5.56 Å². The van der Waals surface area contributed by atoms with Crippen molar-refractivity contribution in [3.63, 3.8) is 0 Å². The summed E-state index contributed by atoms with van der Waals surface area (Å²) in [5, 5.41) is 20.1. The second-order valence-corrected chi connectivity index (χ2v) is 4.61. The number of aromatic hydroxyl groups is 1. The van der Waals surface area contributed by atoms with E-state index in [-0.39, 0.29) is 11.3 Å². The van der Waals surface area contributed by atoms with Crippen LogP contribution in [-0.4, -0.2) is 22.4 Å². The molecule has 0 heterocycles. The van der Waals surface area contributed by atoms with Crippen LogP contribution in [0.25, 0.3) is 6.08 Å². The first-order chi connectivity index (χ1) is 11.4. The number of hydrogen-bond acceptors (Lipinski definition) is 5. The highest BCUT2D eigenvalue weighted by Gasteiger charge is 2.12. The monoisotopic (exact) mass is 335 g/mol. The third-order valence-electron chi connectivity index (χ3n) is 2.99. The first kappa shape index (κ1) is 17.1. The number of nitro benzene ring substituents is 1. The zero-order chi connectivity index (χ0) is 17.7. The molecule has 8 heteroatoms. The van der Waals surface area contributed by atoms with Gasteiger partial charge in [0.05, 0.1) is 4.92 Å². The summed E-state index contributed by atoms with van der Waals surface area (Å²) >= 11 is 0. The number of nitrogens with zero attached hydrogens (tertiary/aromatic N) is 1. The number of nitro groups is 1. The van der Waals surface area contributed by atoms with Gasteiger partial charge >= 0.3 is 12.3 Å². The van der Waals surface area contributed by atoms with Gasteiger partial charge in [-0.2, -0.15) is 8.78 Å². The Labute approximate surface area is 134 Å². The van der Waals surface area contributed by atoms with Crippen LogP contribution in [0, 0.1) is 10.1 Å². The number of phenols is 1. The largest absolute Gasteiger partial charge is 0.502 e. The minimum Gasteiger partial charge on any atom is -0.502 e. The van der Waals surface area contributed by atoms with Crippen molar-refractivity contribution < 1.29 is 28.3 Å². The van der Waals surface area contributed by atoms with Crippen LogP contribution in [0.4, 0.5) is 14.5 Å². The van der Waals surface area contributed by atoms with Crippen molar-refractivity contribution >= 4 is 17.5 Å². The van der Waals surface area contributed by atoms with Gasteiger partial charge in [0, 0.05) is 11.6 Å². The Balaban J connectivity index is 2.13. The molecule has 0 spiro atoms. The fourth-order valence-electron chi connectivity index (χ4n) is 1.86. The Morgan fingerprint density at radius 1 is 1.21 bits per heavy atom. The van der Waals surface area contributed by atoms with Gasteiger partial charge in [0.15, 0.2) is 11.5 Å². The van der Waals surface area contributed by atoms with Gasteiger partial charge in [-0.1, -0.05) is 12.1 Å². The minimum absolute atomic E-state index is 0.0697. The van der Waals surface area contributed by atoms with Crippen LogP contribution in [0.5, 0.6) is 11.5 Å². The molecule has 0 bridgehead atoms. The smallest absolute Gasteiger partial charge is 0.387 e. The Bertz CT molecular complexity index is 788. The number of rotatable bonds is 6. The van der Waals surface area contributed by atoms with Crippen LogP contribution in [0.1, 0.15) is 15.9 Å². The minimum atomic E-state index is -2.95. The first-order valence-corrected chi connectivity index (χ1v) is 6.61. The summed E-state index contributed by atoms with van der Waals surface area (Å²) in [4.78, 5) is 22.0. The molecule has 0 aliphatic rings. The van der Waals surface area contributed by atoms with E-state index in [1.165, 1.54) is 42.5 Å². The van der Waals surface area contributed by atoms with E-state index >= 15 is 0 Å². The number of alkyl halides is 2. The lowest BCUT2D eigenvalue weighted by atomic mass is 10.1. The average Bonchev–Trinajstić information content (AvgIpc) is 2.53. The molecule has 0 radical (unpaired) electrons. The molecule has 0 aromatic heterocycles. The van der Waals surface area contributed by atoms with Gasteiger partial charge in [0.1, 0.15) is 5.75 Å². The molecule has 0 amide bonds. The van der Waals surface area contributed by atoms with Gasteiger partial charge in [-0.3, -0.25) is 14.9 Å². The molecule has 24 heavy (non-hydrogen) atoms. The number of phenolic OH excluding ortho intramolecular Hbond substituents is 1. The normalized spacial score (nSPS) is 11.0. The number of benzene rings is 2. The first-order valence-electron chi connectivity index (χ1n) is 6.61. The predicted octanol–water partition coefficient (Wildman–Crippen LogP) is 3.80. The molecule has 0 saturated carbocycles. The summed E-state index contributed by atoms with van der Waals surface area (Å²) < 4.78 is 28.3. The molecule has 2 aromatic carbocycles. The van der Waals surface area contributed by atoms with Crippen LogP contribution < -0.4 is 4.74 Å². The number of carbonyl (C=O) groups excluding carboxylic acids is 1. The highest BCUT2D eigenvalue weighted by Crippen LogP contribution is 2.26. The van der Waals surface area contributed by atoms with Gasteiger partial charge in [0.25, 0.3) is 0 Å². The number of ether oxygens (including phenoxy) is 1. The predicted molar refractivity (Wildman–Crippen MR) is 81.2 cm³/mol. The van der Waals surface area contributed by atoms with E-state index in [1.54, 1.807) is 0 Å². The molecule has 0 aliphatic carbocycles. The van der Waals surface area contributed by atoms with E-state index in [1.807, 2.05) is 0 Å². The highest BCUT2D eigenvalue weighted by molar-refractivity contribution is 6.06. The number of allylic oxidation sites excluding steroid dienone is 1. The van der Waals surface area contributed by atoms with Gasteiger partial charge in [-0.15, -0.1) is 0 Å². The Hall–Kier alpha value is -3.29. The number of ketones is 1. The maximum absolute atomic E-state index is 12.0. The fourth-order valence-corrected chi connectivity index (χ4v) is 1.86. The van der Waals surface area contributed by atoms with Gasteiger partial charge in [-0.25, -0.2) is 0 Å². The topological polar surface area (TPSA) is 89.7 Å². The zero-order valence-corrected chi connectivity index (χ0v) is 12.1. The lowest BCUT2D eigenvalue weighted by Gasteiger charge is -2.04. The molecule has 0 unspecified atom stereocenters. The van der Waals surface area contributed by atoms with Crippen molar-refractivity contribution in [3.8, 4) is 11.5 Å². The van der Waals surface area contributed by atoms with Gasteiger partial charge in [0.2, 0.25) is 0 Å². The molecular weight excluding hydrogens is 324 g/mol. The van der Waals surface area contributed by atoms with Crippen molar-refractivity contribution in [3.05, 3.63) is 69.8 Å². The molecular formula is C16H11F2NO5. The Morgan fingerprint density at radius 3 is 2.46 bits per heavy atom. The lowest BCUT2D eigenvalue weighted by Crippen LogP contribution is -2.02. The molecule has 2 rings (SSSR count). The number of carbonyl (C=O) groups is 1. The number of hydrogen-bond donors (Lipinski definition) is 1. The molecule has 124 valence electrons. The van der Waals surface area contributed by atoms with E-state index in [0.717, 1.165) is 12.1 Å². The molecule has 0 atom stereocenters. The standard InChI is InChI=1S/C16H11F2NO5/c17-16(18)24-12-5-3-11(4-6-12)14(20)7-1-10-2-8-15(21)13(9-10)19(22)23/h1-9,16,21H. The maximum Gasteiger partial charge on any atom is 0.387 e. The van der Waals surface area contributed by atoms with Crippen molar-refractivity contribution in [1.82, 2.24) is 0 Å². The van der Waals surface area contributed by atoms with E-state index < -0.39 is 28.8 Å². The average molecular weight is 335 g/mol. The lowest BCUT2D eigenvalue weighted by molar-refractivity contribution is -0.385. The summed E-state index contributed by atoms with van der Waals surface area (Å²) in [6.45, 7) is -2.95. The van der Waals surface area contributed by atoms with Crippen LogP contribution in [0.3, 0.4) is 0 Å². The second kappa shape index (κ2) is 7.32. The molecule has 6 nitrogen and oxygen atoms in total. The summed E-state index contributed by atoms with van der Waals surface area (Å²) in [6.07, 6.45) is 2.53. The van der Waals surface area contributed by atoms with Crippen molar-refractivity contribution in [1.29, 1.82) is 0 Å². The SMILES string of the molecule is O=C(C=Cc1ccc(O)c([N+](=O)[O-])c1)c1ccc(OC(F)F)cc1. The molecule has 0 saturated heterocycles. The van der Waals surface area contributed by atoms with Crippen LogP contribution in [-0.2, 0) is 0 Å². The third kappa shape index (κ3) is 4.35. The van der Waals surface area contributed by atoms with Crippen molar-refractivity contribution in [2.75, 3.05) is 0 Å². The van der Waals surface area contributed by atoms with E-state index in [4.69, 9.17) is 0 Å². The van der Waals surface area contributed by atoms with Crippen molar-refractivity contribution in [2.45, 2.75) is 6.61 Å².